The average Bonchev–Trinajstić information content (AvgIpc) is 2.41. The molecule has 0 aromatic heterocycles. The summed E-state index contributed by atoms with van der Waals surface area (Å²) in [5.41, 5.74) is -0.672. The smallest absolute Gasteiger partial charge is 0.338 e. The Balaban J connectivity index is 2.53. The van der Waals surface area contributed by atoms with Crippen LogP contribution in [0, 0.1) is 5.82 Å². The molecule has 1 atom stereocenters. The van der Waals surface area contributed by atoms with Gasteiger partial charge in [0.25, 0.3) is 0 Å². The lowest BCUT2D eigenvalue weighted by molar-refractivity contribution is 0.0691. The number of carboxylic acid groups (broad SMARTS) is 1. The van der Waals surface area contributed by atoms with Crippen molar-refractivity contribution in [1.29, 1.82) is 0 Å². The van der Waals surface area contributed by atoms with E-state index in [0.717, 1.165) is 12.1 Å². The molecule has 5 nitrogen and oxygen atoms in total. The maximum Gasteiger partial charge on any atom is 0.338 e. The van der Waals surface area contributed by atoms with E-state index in [9.17, 15) is 17.6 Å². The van der Waals surface area contributed by atoms with Crippen molar-refractivity contribution in [3.63, 3.8) is 0 Å². The normalized spacial score (nSPS) is 19.8. The summed E-state index contributed by atoms with van der Waals surface area (Å²) in [7, 11) is -3.96. The molecule has 8 heteroatoms. The minimum Gasteiger partial charge on any atom is -0.478 e. The zero-order valence-corrected chi connectivity index (χ0v) is 12.7. The molecule has 1 aliphatic heterocycles. The standard InChI is InChI=1S/C12H12BrFO5S/c13-7-4-9(12(15)16)11(14)10(5-7)20(17,18)8-2-1-3-19-6-8/h4-5,8H,1-3,6H2,(H,15,16). The first-order valence-electron chi connectivity index (χ1n) is 5.88. The van der Waals surface area contributed by atoms with Crippen LogP contribution in [0.3, 0.4) is 0 Å². The minimum atomic E-state index is -3.96. The van der Waals surface area contributed by atoms with E-state index in [1.54, 1.807) is 0 Å². The Bertz CT molecular complexity index is 637. The maximum absolute atomic E-state index is 14.1. The SMILES string of the molecule is O=C(O)c1cc(Br)cc(S(=O)(=O)C2CCCOC2)c1F. The first-order valence-corrected chi connectivity index (χ1v) is 8.22. The number of hydrogen-bond donors (Lipinski definition) is 1. The number of benzene rings is 1. The van der Waals surface area contributed by atoms with Gasteiger partial charge in [0.1, 0.15) is 4.90 Å². The molecule has 2 rings (SSSR count). The van der Waals surface area contributed by atoms with Gasteiger partial charge in [-0.2, -0.15) is 0 Å². The maximum atomic E-state index is 14.1. The Morgan fingerprint density at radius 2 is 2.15 bits per heavy atom. The fourth-order valence-corrected chi connectivity index (χ4v) is 4.43. The summed E-state index contributed by atoms with van der Waals surface area (Å²) in [5, 5.41) is 8.06. The zero-order valence-electron chi connectivity index (χ0n) is 10.3. The van der Waals surface area contributed by atoms with Gasteiger partial charge in [0.2, 0.25) is 0 Å². The molecule has 0 saturated carbocycles. The van der Waals surface area contributed by atoms with E-state index < -0.39 is 37.3 Å². The zero-order chi connectivity index (χ0) is 14.9. The van der Waals surface area contributed by atoms with Gasteiger partial charge in [0.15, 0.2) is 15.7 Å². The molecule has 1 heterocycles. The average molecular weight is 367 g/mol. The van der Waals surface area contributed by atoms with E-state index in [0.29, 0.717) is 19.4 Å². The lowest BCUT2D eigenvalue weighted by Crippen LogP contribution is -2.31. The Morgan fingerprint density at radius 3 is 2.70 bits per heavy atom. The van der Waals surface area contributed by atoms with Gasteiger partial charge in [-0.05, 0) is 25.0 Å². The van der Waals surface area contributed by atoms with Crippen LogP contribution in [0.25, 0.3) is 0 Å². The van der Waals surface area contributed by atoms with Crippen LogP contribution in [0.15, 0.2) is 21.5 Å². The highest BCUT2D eigenvalue weighted by molar-refractivity contribution is 9.10. The monoisotopic (exact) mass is 366 g/mol. The van der Waals surface area contributed by atoms with Crippen molar-refractivity contribution in [2.75, 3.05) is 13.2 Å². The highest BCUT2D eigenvalue weighted by Gasteiger charge is 2.33. The molecule has 1 N–H and O–H groups in total. The van der Waals surface area contributed by atoms with Crippen molar-refractivity contribution in [2.24, 2.45) is 0 Å². The second kappa shape index (κ2) is 5.79. The summed E-state index contributed by atoms with van der Waals surface area (Å²) in [6.07, 6.45) is 0.946. The molecule has 1 fully saturated rings. The summed E-state index contributed by atoms with van der Waals surface area (Å²) >= 11 is 3.01. The van der Waals surface area contributed by atoms with Crippen molar-refractivity contribution >= 4 is 31.7 Å². The molecule has 20 heavy (non-hydrogen) atoms. The predicted octanol–water partition coefficient (Wildman–Crippen LogP) is 2.24. The van der Waals surface area contributed by atoms with Crippen LogP contribution in [0.4, 0.5) is 4.39 Å². The van der Waals surface area contributed by atoms with Crippen LogP contribution in [-0.2, 0) is 14.6 Å². The van der Waals surface area contributed by atoms with Gasteiger partial charge in [-0.15, -0.1) is 0 Å². The van der Waals surface area contributed by atoms with E-state index in [4.69, 9.17) is 9.84 Å². The third-order valence-electron chi connectivity index (χ3n) is 3.10. The summed E-state index contributed by atoms with van der Waals surface area (Å²) in [4.78, 5) is 10.4. The van der Waals surface area contributed by atoms with Crippen LogP contribution in [-0.4, -0.2) is 38.0 Å². The number of ether oxygens (including phenoxy) is 1. The first-order chi connectivity index (χ1) is 9.34. The van der Waals surface area contributed by atoms with Crippen molar-refractivity contribution < 1.29 is 27.4 Å². The summed E-state index contributed by atoms with van der Waals surface area (Å²) in [5.74, 6) is -2.74. The molecule has 1 saturated heterocycles. The second-order valence-corrected chi connectivity index (χ2v) is 7.57. The molecule has 110 valence electrons. The van der Waals surface area contributed by atoms with E-state index >= 15 is 0 Å². The van der Waals surface area contributed by atoms with Crippen LogP contribution in [0.5, 0.6) is 0 Å². The fraction of sp³-hybridized carbons (Fsp3) is 0.417. The Labute approximate surface area is 123 Å². The van der Waals surface area contributed by atoms with Crippen molar-refractivity contribution in [1.82, 2.24) is 0 Å². The largest absolute Gasteiger partial charge is 0.478 e. The lowest BCUT2D eigenvalue weighted by Gasteiger charge is -2.22. The first kappa shape index (κ1) is 15.4. The number of carbonyl (C=O) groups is 1. The van der Waals surface area contributed by atoms with Gasteiger partial charge >= 0.3 is 5.97 Å². The molecule has 0 aliphatic carbocycles. The Morgan fingerprint density at radius 1 is 1.45 bits per heavy atom. The minimum absolute atomic E-state index is 0.00328. The highest BCUT2D eigenvalue weighted by atomic mass is 79.9. The molecule has 1 aliphatic rings. The number of hydrogen-bond acceptors (Lipinski definition) is 4. The van der Waals surface area contributed by atoms with Crippen molar-refractivity contribution in [3.05, 3.63) is 28.0 Å². The van der Waals surface area contributed by atoms with Crippen LogP contribution >= 0.6 is 15.9 Å². The van der Waals surface area contributed by atoms with Crippen molar-refractivity contribution in [2.45, 2.75) is 23.0 Å². The molecule has 1 aromatic rings. The van der Waals surface area contributed by atoms with E-state index in [-0.39, 0.29) is 11.1 Å². The van der Waals surface area contributed by atoms with Gasteiger partial charge in [-0.25, -0.2) is 17.6 Å². The lowest BCUT2D eigenvalue weighted by atomic mass is 10.2. The Hall–Kier alpha value is -0.990. The van der Waals surface area contributed by atoms with E-state index in [1.165, 1.54) is 0 Å². The van der Waals surface area contributed by atoms with Gasteiger partial charge in [-0.3, -0.25) is 0 Å². The molecule has 0 bridgehead atoms. The number of carboxylic acids is 1. The van der Waals surface area contributed by atoms with Gasteiger partial charge in [0, 0.05) is 11.1 Å². The van der Waals surface area contributed by atoms with Crippen molar-refractivity contribution in [3.8, 4) is 0 Å². The number of aromatic carboxylic acids is 1. The number of sulfone groups is 1. The van der Waals surface area contributed by atoms with E-state index in [1.807, 2.05) is 0 Å². The third kappa shape index (κ3) is 2.87. The quantitative estimate of drug-likeness (QED) is 0.886. The van der Waals surface area contributed by atoms with Gasteiger partial charge in [-0.1, -0.05) is 15.9 Å². The van der Waals surface area contributed by atoms with Gasteiger partial charge in [0.05, 0.1) is 17.4 Å². The molecular weight excluding hydrogens is 355 g/mol. The van der Waals surface area contributed by atoms with Gasteiger partial charge < -0.3 is 9.84 Å². The highest BCUT2D eigenvalue weighted by Crippen LogP contribution is 2.29. The Kier molecular flexibility index (Phi) is 4.46. The third-order valence-corrected chi connectivity index (χ3v) is 5.72. The molecular formula is C12H12BrFO5S. The molecule has 1 unspecified atom stereocenters. The second-order valence-electron chi connectivity index (χ2n) is 4.45. The van der Waals surface area contributed by atoms with Crippen LogP contribution < -0.4 is 0 Å². The van der Waals surface area contributed by atoms with Crippen LogP contribution in [0.2, 0.25) is 0 Å². The number of halogens is 2. The van der Waals surface area contributed by atoms with E-state index in [2.05, 4.69) is 15.9 Å². The summed E-state index contributed by atoms with van der Waals surface area (Å²) in [6.45, 7) is 0.476. The number of rotatable bonds is 3. The molecule has 0 radical (unpaired) electrons. The summed E-state index contributed by atoms with van der Waals surface area (Å²) < 4.78 is 44.2. The molecule has 0 amide bonds. The topological polar surface area (TPSA) is 80.7 Å². The predicted molar refractivity (Wildman–Crippen MR) is 72.1 cm³/mol. The molecule has 0 spiro atoms. The van der Waals surface area contributed by atoms with Crippen LogP contribution in [0.1, 0.15) is 23.2 Å². The molecule has 1 aromatic carbocycles. The fourth-order valence-electron chi connectivity index (χ4n) is 2.06. The summed E-state index contributed by atoms with van der Waals surface area (Å²) in [6, 6.07) is 2.12.